The number of H-pyrrole nitrogens is 1. The third kappa shape index (κ3) is 1.22. The Kier molecular flexibility index (Phi) is 1.89. The van der Waals surface area contributed by atoms with E-state index in [1.54, 1.807) is 0 Å². The minimum absolute atomic E-state index is 1.21. The maximum atomic E-state index is 3.53. The van der Waals surface area contributed by atoms with Crippen molar-refractivity contribution in [2.24, 2.45) is 0 Å². The van der Waals surface area contributed by atoms with Gasteiger partial charge in [-0.3, -0.25) is 0 Å². The number of hydrogen-bond acceptors (Lipinski definition) is 1. The fourth-order valence-electron chi connectivity index (χ4n) is 3.16. The Morgan fingerprint density at radius 3 is 2.35 bits per heavy atom. The van der Waals surface area contributed by atoms with Crippen LogP contribution < -0.4 is 0 Å². The summed E-state index contributed by atoms with van der Waals surface area (Å²) in [5.41, 5.74) is 2.44. The van der Waals surface area contributed by atoms with E-state index in [2.05, 4.69) is 65.6 Å². The van der Waals surface area contributed by atoms with Crippen LogP contribution in [0.1, 0.15) is 0 Å². The van der Waals surface area contributed by atoms with Crippen LogP contribution >= 0.6 is 11.3 Å². The highest BCUT2D eigenvalue weighted by atomic mass is 32.1. The van der Waals surface area contributed by atoms with Crippen LogP contribution in [0.2, 0.25) is 0 Å². The predicted molar refractivity (Wildman–Crippen MR) is 88.7 cm³/mol. The molecule has 0 aliphatic heterocycles. The summed E-state index contributed by atoms with van der Waals surface area (Å²) in [5, 5.41) is 5.43. The topological polar surface area (TPSA) is 15.8 Å². The number of benzene rings is 3. The van der Waals surface area contributed by atoms with Crippen molar-refractivity contribution in [3.63, 3.8) is 0 Å². The van der Waals surface area contributed by atoms with E-state index in [0.717, 1.165) is 0 Å². The molecule has 0 amide bonds. The highest BCUT2D eigenvalue weighted by Gasteiger charge is 2.12. The molecule has 2 heteroatoms. The van der Waals surface area contributed by atoms with Gasteiger partial charge < -0.3 is 4.98 Å². The number of fused-ring (bicyclic) bond motifs is 7. The van der Waals surface area contributed by atoms with Gasteiger partial charge in [-0.15, -0.1) is 11.3 Å². The summed E-state index contributed by atoms with van der Waals surface area (Å²) in [7, 11) is 0. The first kappa shape index (κ1) is 10.5. The van der Waals surface area contributed by atoms with Gasteiger partial charge in [0.1, 0.15) is 0 Å². The monoisotopic (exact) mass is 273 g/mol. The highest BCUT2D eigenvalue weighted by molar-refractivity contribution is 7.26. The van der Waals surface area contributed by atoms with Gasteiger partial charge in [0.15, 0.2) is 0 Å². The summed E-state index contributed by atoms with van der Waals surface area (Å²) >= 11 is 1.87. The lowest BCUT2D eigenvalue weighted by Crippen LogP contribution is -1.70. The molecule has 0 atom stereocenters. The van der Waals surface area contributed by atoms with Crippen LogP contribution in [0.3, 0.4) is 0 Å². The van der Waals surface area contributed by atoms with E-state index < -0.39 is 0 Å². The van der Waals surface area contributed by atoms with Crippen molar-refractivity contribution in [2.45, 2.75) is 0 Å². The number of para-hydroxylation sites is 1. The van der Waals surface area contributed by atoms with Gasteiger partial charge in [-0.05, 0) is 24.3 Å². The first-order chi connectivity index (χ1) is 9.92. The van der Waals surface area contributed by atoms with Crippen molar-refractivity contribution < 1.29 is 0 Å². The number of aromatic nitrogens is 1. The third-order valence-corrected chi connectivity index (χ3v) is 5.15. The van der Waals surface area contributed by atoms with Gasteiger partial charge in [-0.25, -0.2) is 0 Å². The van der Waals surface area contributed by atoms with Crippen LogP contribution in [0.5, 0.6) is 0 Å². The fourth-order valence-corrected chi connectivity index (χ4v) is 4.27. The Labute approximate surface area is 119 Å². The molecule has 0 bridgehead atoms. The summed E-state index contributed by atoms with van der Waals surface area (Å²) < 4.78 is 2.73. The maximum absolute atomic E-state index is 3.53. The molecule has 1 N–H and O–H groups in total. The Morgan fingerprint density at radius 2 is 1.40 bits per heavy atom. The molecule has 94 valence electrons. The molecule has 0 saturated carbocycles. The lowest BCUT2D eigenvalue weighted by atomic mass is 10.1. The molecule has 5 aromatic rings. The van der Waals surface area contributed by atoms with Crippen molar-refractivity contribution in [1.29, 1.82) is 0 Å². The zero-order valence-corrected chi connectivity index (χ0v) is 11.5. The van der Waals surface area contributed by atoms with Crippen molar-refractivity contribution in [1.82, 2.24) is 4.98 Å². The molecular formula is C18H11NS. The fraction of sp³-hybridized carbons (Fsp3) is 0. The van der Waals surface area contributed by atoms with Gasteiger partial charge in [0, 0.05) is 42.0 Å². The Bertz CT molecular complexity index is 1010. The average molecular weight is 273 g/mol. The summed E-state index contributed by atoms with van der Waals surface area (Å²) in [6, 6.07) is 21.7. The van der Waals surface area contributed by atoms with Crippen molar-refractivity contribution in [2.75, 3.05) is 0 Å². The van der Waals surface area contributed by atoms with Crippen LogP contribution in [0, 0.1) is 0 Å². The van der Waals surface area contributed by atoms with Crippen LogP contribution in [-0.2, 0) is 0 Å². The molecule has 5 rings (SSSR count). The molecular weight excluding hydrogens is 262 g/mol. The maximum Gasteiger partial charge on any atom is 0.0472 e. The van der Waals surface area contributed by atoms with E-state index in [9.17, 15) is 0 Å². The summed E-state index contributed by atoms with van der Waals surface area (Å²) in [6.07, 6.45) is 0. The molecule has 2 aromatic heterocycles. The van der Waals surface area contributed by atoms with Gasteiger partial charge in [-0.1, -0.05) is 36.4 Å². The lowest BCUT2D eigenvalue weighted by molar-refractivity contribution is 1.55. The van der Waals surface area contributed by atoms with Crippen molar-refractivity contribution >= 4 is 53.3 Å². The molecule has 0 radical (unpaired) electrons. The van der Waals surface area contributed by atoms with E-state index >= 15 is 0 Å². The standard InChI is InChI=1S/C18H11NS/c1-3-7-13-11(5-1)17-14(19-13)9-10-16-18(17)12-6-2-4-8-15(12)20-16/h1-10,19H. The van der Waals surface area contributed by atoms with Gasteiger partial charge in [0.05, 0.1) is 0 Å². The Hall–Kier alpha value is -2.32. The van der Waals surface area contributed by atoms with Gasteiger partial charge in [0.2, 0.25) is 0 Å². The van der Waals surface area contributed by atoms with Gasteiger partial charge >= 0.3 is 0 Å². The predicted octanol–water partition coefficient (Wildman–Crippen LogP) is 5.69. The number of hydrogen-bond donors (Lipinski definition) is 1. The summed E-state index contributed by atoms with van der Waals surface area (Å²) in [6.45, 7) is 0. The molecule has 0 unspecified atom stereocenters. The quantitative estimate of drug-likeness (QED) is 0.373. The second-order valence-corrected chi connectivity index (χ2v) is 6.21. The second kappa shape index (κ2) is 3.62. The average Bonchev–Trinajstić information content (AvgIpc) is 3.04. The van der Waals surface area contributed by atoms with Crippen molar-refractivity contribution in [3.8, 4) is 0 Å². The van der Waals surface area contributed by atoms with Crippen LogP contribution in [-0.4, -0.2) is 4.98 Å². The molecule has 20 heavy (non-hydrogen) atoms. The van der Waals surface area contributed by atoms with Crippen molar-refractivity contribution in [3.05, 3.63) is 60.7 Å². The minimum atomic E-state index is 1.21. The first-order valence-corrected chi connectivity index (χ1v) is 7.54. The Balaban J connectivity index is 2.19. The smallest absolute Gasteiger partial charge is 0.0472 e. The number of thiophene rings is 1. The van der Waals surface area contributed by atoms with E-state index in [-0.39, 0.29) is 0 Å². The SMILES string of the molecule is c1ccc2c(c1)[nH]c1ccc3sc4ccccc4c3c12. The normalized spacial score (nSPS) is 12.0. The summed E-state index contributed by atoms with van der Waals surface area (Å²) in [4.78, 5) is 3.53. The zero-order valence-electron chi connectivity index (χ0n) is 10.7. The molecule has 0 aliphatic carbocycles. The lowest BCUT2D eigenvalue weighted by Gasteiger charge is -1.96. The van der Waals surface area contributed by atoms with Crippen LogP contribution in [0.25, 0.3) is 42.0 Å². The number of nitrogens with one attached hydrogen (secondary N) is 1. The molecule has 0 spiro atoms. The second-order valence-electron chi connectivity index (χ2n) is 5.13. The molecule has 2 heterocycles. The molecule has 0 fully saturated rings. The molecule has 0 aliphatic rings. The van der Waals surface area contributed by atoms with E-state index in [1.165, 1.54) is 42.0 Å². The molecule has 1 nitrogen and oxygen atoms in total. The first-order valence-electron chi connectivity index (χ1n) is 6.72. The third-order valence-electron chi connectivity index (χ3n) is 4.01. The van der Waals surface area contributed by atoms with Gasteiger partial charge in [0.25, 0.3) is 0 Å². The van der Waals surface area contributed by atoms with Gasteiger partial charge in [-0.2, -0.15) is 0 Å². The number of rotatable bonds is 0. The Morgan fingerprint density at radius 1 is 0.600 bits per heavy atom. The zero-order chi connectivity index (χ0) is 13.1. The van der Waals surface area contributed by atoms with E-state index in [4.69, 9.17) is 0 Å². The highest BCUT2D eigenvalue weighted by Crippen LogP contribution is 2.40. The minimum Gasteiger partial charge on any atom is -0.354 e. The largest absolute Gasteiger partial charge is 0.354 e. The van der Waals surface area contributed by atoms with E-state index in [0.29, 0.717) is 0 Å². The summed E-state index contributed by atoms with van der Waals surface area (Å²) in [5.74, 6) is 0. The van der Waals surface area contributed by atoms with E-state index in [1.807, 2.05) is 11.3 Å². The molecule has 3 aromatic carbocycles. The van der Waals surface area contributed by atoms with Crippen LogP contribution in [0.4, 0.5) is 0 Å². The number of aromatic amines is 1. The van der Waals surface area contributed by atoms with Crippen LogP contribution in [0.15, 0.2) is 60.7 Å². The molecule has 0 saturated heterocycles.